The van der Waals surface area contributed by atoms with Crippen LogP contribution in [0.2, 0.25) is 0 Å². The van der Waals surface area contributed by atoms with Crippen molar-refractivity contribution < 1.29 is 14.6 Å². The van der Waals surface area contributed by atoms with Gasteiger partial charge in [0.15, 0.2) is 0 Å². The number of hydrogen-bond donors (Lipinski definition) is 1. The largest absolute Gasteiger partial charge is 0.468 e. The highest BCUT2D eigenvalue weighted by Gasteiger charge is 2.25. The summed E-state index contributed by atoms with van der Waals surface area (Å²) in [6.07, 6.45) is 0.486. The molecule has 0 radical (unpaired) electrons. The number of rotatable bonds is 4. The van der Waals surface area contributed by atoms with Gasteiger partial charge in [-0.2, -0.15) is 0 Å². The third-order valence-electron chi connectivity index (χ3n) is 2.21. The van der Waals surface area contributed by atoms with Crippen LogP contribution in [0.15, 0.2) is 43.0 Å². The summed E-state index contributed by atoms with van der Waals surface area (Å²) < 4.78 is 4.58. The predicted molar refractivity (Wildman–Crippen MR) is 57.1 cm³/mol. The normalized spacial score (nSPS) is 14.0. The molecule has 1 aromatic rings. The van der Waals surface area contributed by atoms with Crippen molar-refractivity contribution in [1.82, 2.24) is 0 Å². The van der Waals surface area contributed by atoms with Gasteiger partial charge in [0.05, 0.1) is 13.2 Å². The lowest BCUT2D eigenvalue weighted by Gasteiger charge is -2.17. The lowest BCUT2D eigenvalue weighted by atomic mass is 9.96. The summed E-state index contributed by atoms with van der Waals surface area (Å²) in [7, 11) is 1.29. The van der Waals surface area contributed by atoms with Crippen LogP contribution in [0.25, 0.3) is 0 Å². The number of aliphatic hydroxyl groups excluding tert-OH is 1. The van der Waals surface area contributed by atoms with Crippen LogP contribution in [0, 0.1) is 5.92 Å². The van der Waals surface area contributed by atoms with Crippen LogP contribution in [0.4, 0.5) is 0 Å². The van der Waals surface area contributed by atoms with Crippen LogP contribution >= 0.6 is 0 Å². The van der Waals surface area contributed by atoms with Gasteiger partial charge in [-0.3, -0.25) is 4.79 Å². The van der Waals surface area contributed by atoms with Crippen LogP contribution < -0.4 is 0 Å². The van der Waals surface area contributed by atoms with Gasteiger partial charge in [0, 0.05) is 0 Å². The Balaban J connectivity index is 2.87. The van der Waals surface area contributed by atoms with Crippen molar-refractivity contribution in [1.29, 1.82) is 0 Å². The SMILES string of the molecule is C=C[C@H](C(=O)OC)[C@H](O)c1ccccc1. The molecule has 0 bridgehead atoms. The molecule has 0 aliphatic rings. The molecule has 15 heavy (non-hydrogen) atoms. The Morgan fingerprint density at radius 1 is 1.47 bits per heavy atom. The number of esters is 1. The first kappa shape index (κ1) is 11.5. The van der Waals surface area contributed by atoms with E-state index in [1.165, 1.54) is 13.2 Å². The minimum Gasteiger partial charge on any atom is -0.468 e. The smallest absolute Gasteiger partial charge is 0.315 e. The predicted octanol–water partition coefficient (Wildman–Crippen LogP) is 1.70. The van der Waals surface area contributed by atoms with Crippen LogP contribution in [-0.4, -0.2) is 18.2 Å². The molecule has 3 nitrogen and oxygen atoms in total. The number of aliphatic hydroxyl groups is 1. The first-order valence-electron chi connectivity index (χ1n) is 4.64. The van der Waals surface area contributed by atoms with Gasteiger partial charge in [-0.05, 0) is 5.56 Å². The molecule has 1 aromatic carbocycles. The second-order valence-electron chi connectivity index (χ2n) is 3.14. The van der Waals surface area contributed by atoms with E-state index in [9.17, 15) is 9.90 Å². The van der Waals surface area contributed by atoms with Crippen LogP contribution in [0.3, 0.4) is 0 Å². The van der Waals surface area contributed by atoms with Crippen molar-refractivity contribution in [3.63, 3.8) is 0 Å². The summed E-state index contributed by atoms with van der Waals surface area (Å²) in [5.41, 5.74) is 0.674. The minimum atomic E-state index is -0.906. The number of carbonyl (C=O) groups excluding carboxylic acids is 1. The maximum absolute atomic E-state index is 11.3. The van der Waals surface area contributed by atoms with Crippen molar-refractivity contribution in [2.24, 2.45) is 5.92 Å². The highest BCUT2D eigenvalue weighted by molar-refractivity contribution is 5.75. The van der Waals surface area contributed by atoms with Gasteiger partial charge in [-0.15, -0.1) is 6.58 Å². The van der Waals surface area contributed by atoms with Gasteiger partial charge in [0.1, 0.15) is 5.92 Å². The summed E-state index contributed by atoms with van der Waals surface area (Å²) in [4.78, 5) is 11.3. The molecule has 0 spiro atoms. The number of carbonyl (C=O) groups is 1. The van der Waals surface area contributed by atoms with Gasteiger partial charge in [0.25, 0.3) is 0 Å². The Labute approximate surface area is 89.0 Å². The van der Waals surface area contributed by atoms with Crippen molar-refractivity contribution in [2.75, 3.05) is 7.11 Å². The maximum atomic E-state index is 11.3. The summed E-state index contributed by atoms with van der Waals surface area (Å²) in [6, 6.07) is 8.96. The molecule has 0 aliphatic heterocycles. The zero-order chi connectivity index (χ0) is 11.3. The lowest BCUT2D eigenvalue weighted by Crippen LogP contribution is -2.21. The Bertz CT molecular complexity index is 332. The molecule has 3 heteroatoms. The third kappa shape index (κ3) is 2.67. The van der Waals surface area contributed by atoms with Crippen molar-refractivity contribution >= 4 is 5.97 Å². The van der Waals surface area contributed by atoms with E-state index in [0.717, 1.165) is 0 Å². The van der Waals surface area contributed by atoms with E-state index in [2.05, 4.69) is 11.3 Å². The fourth-order valence-electron chi connectivity index (χ4n) is 1.35. The molecule has 2 atom stereocenters. The topological polar surface area (TPSA) is 46.5 Å². The molecule has 1 N–H and O–H groups in total. The zero-order valence-corrected chi connectivity index (χ0v) is 8.59. The van der Waals surface area contributed by atoms with Crippen molar-refractivity contribution in [2.45, 2.75) is 6.10 Å². The quantitative estimate of drug-likeness (QED) is 0.602. The molecular weight excluding hydrogens is 192 g/mol. The van der Waals surface area contributed by atoms with E-state index in [4.69, 9.17) is 0 Å². The first-order chi connectivity index (χ1) is 7.20. The van der Waals surface area contributed by atoms with Gasteiger partial charge < -0.3 is 9.84 Å². The molecule has 0 heterocycles. The average molecular weight is 206 g/mol. The second kappa shape index (κ2) is 5.32. The Hall–Kier alpha value is -1.61. The number of ether oxygens (including phenoxy) is 1. The van der Waals surface area contributed by atoms with Crippen LogP contribution in [-0.2, 0) is 9.53 Å². The number of hydrogen-bond acceptors (Lipinski definition) is 3. The van der Waals surface area contributed by atoms with Gasteiger partial charge in [-0.25, -0.2) is 0 Å². The Kier molecular flexibility index (Phi) is 4.06. The molecular formula is C12H14O3. The second-order valence-corrected chi connectivity index (χ2v) is 3.14. The maximum Gasteiger partial charge on any atom is 0.315 e. The minimum absolute atomic E-state index is 0.485. The molecule has 0 saturated carbocycles. The lowest BCUT2D eigenvalue weighted by molar-refractivity contribution is -0.147. The van der Waals surface area contributed by atoms with E-state index in [1.54, 1.807) is 24.3 Å². The van der Waals surface area contributed by atoms with E-state index in [1.807, 2.05) is 6.07 Å². The Morgan fingerprint density at radius 3 is 2.53 bits per heavy atom. The molecule has 1 rings (SSSR count). The van der Waals surface area contributed by atoms with E-state index < -0.39 is 18.0 Å². The molecule has 0 aliphatic carbocycles. The average Bonchev–Trinajstić information content (AvgIpc) is 2.30. The standard InChI is InChI=1S/C12H14O3/c1-3-10(12(14)15-2)11(13)9-7-5-4-6-8-9/h3-8,10-11,13H,1H2,2H3/t10-,11+/m0/s1. The molecule has 0 fully saturated rings. The fraction of sp³-hybridized carbons (Fsp3) is 0.250. The van der Waals surface area contributed by atoms with Gasteiger partial charge in [-0.1, -0.05) is 36.4 Å². The van der Waals surface area contributed by atoms with E-state index in [0.29, 0.717) is 5.56 Å². The van der Waals surface area contributed by atoms with Gasteiger partial charge >= 0.3 is 5.97 Å². The van der Waals surface area contributed by atoms with E-state index >= 15 is 0 Å². The molecule has 0 saturated heterocycles. The highest BCUT2D eigenvalue weighted by atomic mass is 16.5. The van der Waals surface area contributed by atoms with Crippen molar-refractivity contribution in [3.8, 4) is 0 Å². The first-order valence-corrected chi connectivity index (χ1v) is 4.64. The fourth-order valence-corrected chi connectivity index (χ4v) is 1.35. The number of benzene rings is 1. The Morgan fingerprint density at radius 2 is 2.07 bits per heavy atom. The summed E-state index contributed by atoms with van der Waals surface area (Å²) in [5.74, 6) is -1.21. The molecule has 80 valence electrons. The number of methoxy groups -OCH3 is 1. The van der Waals surface area contributed by atoms with Crippen LogP contribution in [0.1, 0.15) is 11.7 Å². The third-order valence-corrected chi connectivity index (χ3v) is 2.21. The molecule has 0 amide bonds. The van der Waals surface area contributed by atoms with E-state index in [-0.39, 0.29) is 0 Å². The van der Waals surface area contributed by atoms with Crippen LogP contribution in [0.5, 0.6) is 0 Å². The van der Waals surface area contributed by atoms with Gasteiger partial charge in [0.2, 0.25) is 0 Å². The van der Waals surface area contributed by atoms with Crippen molar-refractivity contribution in [3.05, 3.63) is 48.6 Å². The zero-order valence-electron chi connectivity index (χ0n) is 8.59. The summed E-state index contributed by atoms with van der Waals surface area (Å²) in [6.45, 7) is 3.52. The highest BCUT2D eigenvalue weighted by Crippen LogP contribution is 2.23. The monoisotopic (exact) mass is 206 g/mol. The summed E-state index contributed by atoms with van der Waals surface area (Å²) >= 11 is 0. The summed E-state index contributed by atoms with van der Waals surface area (Å²) in [5, 5.41) is 9.91. The molecule has 0 aromatic heterocycles. The molecule has 0 unspecified atom stereocenters.